The van der Waals surface area contributed by atoms with Crippen LogP contribution in [0, 0.1) is 12.8 Å². The molecule has 2 amide bonds. The molecule has 1 fully saturated rings. The predicted octanol–water partition coefficient (Wildman–Crippen LogP) is 5.79. The van der Waals surface area contributed by atoms with E-state index in [1.807, 2.05) is 24.0 Å². The van der Waals surface area contributed by atoms with Gasteiger partial charge in [-0.15, -0.1) is 0 Å². The molecule has 1 N–H and O–H groups in total. The molecule has 0 aliphatic carbocycles. The average molecular weight is 537 g/mol. The Labute approximate surface area is 224 Å². The van der Waals surface area contributed by atoms with Gasteiger partial charge >= 0.3 is 6.18 Å². The molecule has 1 saturated heterocycles. The summed E-state index contributed by atoms with van der Waals surface area (Å²) in [5, 5.41) is 2.68. The van der Waals surface area contributed by atoms with Gasteiger partial charge in [0.05, 0.1) is 5.56 Å². The maximum absolute atomic E-state index is 13.0. The summed E-state index contributed by atoms with van der Waals surface area (Å²) in [5.74, 6) is 1.05. The lowest BCUT2D eigenvalue weighted by Gasteiger charge is -2.32. The number of fused-ring (bicyclic) bond motifs is 1. The Morgan fingerprint density at radius 1 is 0.974 bits per heavy atom. The van der Waals surface area contributed by atoms with E-state index >= 15 is 0 Å². The Bertz CT molecular complexity index is 1420. The van der Waals surface area contributed by atoms with Crippen molar-refractivity contribution in [3.63, 3.8) is 0 Å². The number of rotatable bonds is 6. The molecule has 0 radical (unpaired) electrons. The molecule has 0 atom stereocenters. The Morgan fingerprint density at radius 3 is 2.18 bits per heavy atom. The molecule has 0 bridgehead atoms. The molecular formula is C30H29F3N3O3+. The molecular weight excluding hydrogens is 507 g/mol. The summed E-state index contributed by atoms with van der Waals surface area (Å²) in [6, 6.07) is 15.0. The molecule has 3 aromatic carbocycles. The highest BCUT2D eigenvalue weighted by Gasteiger charge is 2.33. The fourth-order valence-electron chi connectivity index (χ4n) is 5.11. The van der Waals surface area contributed by atoms with E-state index in [1.54, 1.807) is 31.3 Å². The number of likely N-dealkylation sites (tertiary alicyclic amines) is 1. The largest absolute Gasteiger partial charge is 0.457 e. The highest BCUT2D eigenvalue weighted by molar-refractivity contribution is 6.01. The number of hydrogen-bond donors (Lipinski definition) is 1. The van der Waals surface area contributed by atoms with Crippen LogP contribution in [-0.4, -0.2) is 54.2 Å². The van der Waals surface area contributed by atoms with E-state index in [4.69, 9.17) is 4.74 Å². The Hall–Kier alpha value is -4.14. The first-order chi connectivity index (χ1) is 18.6. The van der Waals surface area contributed by atoms with Crippen molar-refractivity contribution in [1.82, 2.24) is 10.2 Å². The zero-order valence-electron chi connectivity index (χ0n) is 21.7. The summed E-state index contributed by atoms with van der Waals surface area (Å²) >= 11 is 0. The SMILES string of the molecule is CNC(=O)c1ccc2c(c1C)C=[N+]2CC1CCN(C(=O)c2ccc(Oc3ccc(C(F)(F)F)cc3)cc2)CC1. The van der Waals surface area contributed by atoms with Crippen LogP contribution in [0.1, 0.15) is 50.2 Å². The summed E-state index contributed by atoms with van der Waals surface area (Å²) < 4.78 is 46.1. The molecule has 39 heavy (non-hydrogen) atoms. The number of hydrogen-bond acceptors (Lipinski definition) is 3. The average Bonchev–Trinajstić information content (AvgIpc) is 2.92. The van der Waals surface area contributed by atoms with Crippen LogP contribution in [0.5, 0.6) is 11.5 Å². The van der Waals surface area contributed by atoms with Crippen molar-refractivity contribution in [2.45, 2.75) is 25.9 Å². The number of ether oxygens (including phenoxy) is 1. The molecule has 202 valence electrons. The van der Waals surface area contributed by atoms with Gasteiger partial charge in [-0.25, -0.2) is 0 Å². The van der Waals surface area contributed by atoms with E-state index in [0.29, 0.717) is 35.9 Å². The number of carbonyl (C=O) groups excluding carboxylic acids is 2. The number of alkyl halides is 3. The molecule has 2 aliphatic heterocycles. The molecule has 0 unspecified atom stereocenters. The lowest BCUT2D eigenvalue weighted by Crippen LogP contribution is -2.40. The first kappa shape index (κ1) is 26.5. The topological polar surface area (TPSA) is 61.7 Å². The fraction of sp³-hybridized carbons (Fsp3) is 0.300. The van der Waals surface area contributed by atoms with Crippen LogP contribution in [-0.2, 0) is 6.18 Å². The summed E-state index contributed by atoms with van der Waals surface area (Å²) in [6.07, 6.45) is -0.499. The fourth-order valence-corrected chi connectivity index (χ4v) is 5.11. The monoisotopic (exact) mass is 536 g/mol. The zero-order chi connectivity index (χ0) is 27.7. The third kappa shape index (κ3) is 5.53. The van der Waals surface area contributed by atoms with Crippen molar-refractivity contribution in [2.24, 2.45) is 5.92 Å². The van der Waals surface area contributed by atoms with Crippen molar-refractivity contribution in [1.29, 1.82) is 0 Å². The van der Waals surface area contributed by atoms with E-state index in [1.165, 1.54) is 12.1 Å². The zero-order valence-corrected chi connectivity index (χ0v) is 21.7. The highest BCUT2D eigenvalue weighted by Crippen LogP contribution is 2.33. The molecule has 0 spiro atoms. The van der Waals surface area contributed by atoms with Crippen LogP contribution < -0.4 is 10.1 Å². The third-order valence-electron chi connectivity index (χ3n) is 7.43. The number of benzene rings is 3. The maximum atomic E-state index is 13.0. The molecule has 0 aromatic heterocycles. The van der Waals surface area contributed by atoms with Gasteiger partial charge in [0.1, 0.15) is 17.1 Å². The minimum atomic E-state index is -4.40. The van der Waals surface area contributed by atoms with Gasteiger partial charge in [0.25, 0.3) is 11.8 Å². The molecule has 9 heteroatoms. The summed E-state index contributed by atoms with van der Waals surface area (Å²) in [7, 11) is 1.63. The van der Waals surface area contributed by atoms with Gasteiger partial charge in [-0.1, -0.05) is 0 Å². The van der Waals surface area contributed by atoms with E-state index in [9.17, 15) is 22.8 Å². The molecule has 2 heterocycles. The first-order valence-electron chi connectivity index (χ1n) is 12.9. The van der Waals surface area contributed by atoms with E-state index < -0.39 is 11.7 Å². The van der Waals surface area contributed by atoms with Gasteiger partial charge in [-0.3, -0.25) is 9.59 Å². The second kappa shape index (κ2) is 10.6. The van der Waals surface area contributed by atoms with Crippen LogP contribution in [0.2, 0.25) is 0 Å². The Morgan fingerprint density at radius 2 is 1.59 bits per heavy atom. The number of nitrogens with one attached hydrogen (secondary N) is 1. The van der Waals surface area contributed by atoms with Gasteiger partial charge in [-0.05, 0) is 79.9 Å². The summed E-state index contributed by atoms with van der Waals surface area (Å²) in [4.78, 5) is 26.9. The smallest absolute Gasteiger partial charge is 0.416 e. The van der Waals surface area contributed by atoms with Crippen LogP contribution in [0.25, 0.3) is 0 Å². The number of nitrogens with zero attached hydrogens (tertiary/aromatic N) is 2. The summed E-state index contributed by atoms with van der Waals surface area (Å²) in [5.41, 5.74) is 3.73. The molecule has 0 saturated carbocycles. The van der Waals surface area contributed by atoms with E-state index in [0.717, 1.165) is 48.3 Å². The van der Waals surface area contributed by atoms with Crippen molar-refractivity contribution in [3.8, 4) is 11.5 Å². The van der Waals surface area contributed by atoms with Gasteiger partial charge in [0.2, 0.25) is 5.69 Å². The predicted molar refractivity (Wildman–Crippen MR) is 141 cm³/mol. The van der Waals surface area contributed by atoms with Gasteiger partial charge in [-0.2, -0.15) is 17.7 Å². The van der Waals surface area contributed by atoms with Crippen LogP contribution in [0.15, 0.2) is 60.7 Å². The Kier molecular flexibility index (Phi) is 7.16. The maximum Gasteiger partial charge on any atom is 0.416 e. The number of halogens is 3. The van der Waals surface area contributed by atoms with Gasteiger partial charge in [0.15, 0.2) is 12.8 Å². The van der Waals surface area contributed by atoms with Crippen molar-refractivity contribution in [3.05, 3.63) is 88.5 Å². The van der Waals surface area contributed by atoms with Crippen LogP contribution in [0.4, 0.5) is 18.9 Å². The second-order valence-electron chi connectivity index (χ2n) is 9.92. The summed E-state index contributed by atoms with van der Waals surface area (Å²) in [6.45, 7) is 4.18. The number of amides is 2. The normalized spacial score (nSPS) is 15.2. The van der Waals surface area contributed by atoms with Crippen LogP contribution in [0.3, 0.4) is 0 Å². The van der Waals surface area contributed by atoms with Gasteiger partial charge < -0.3 is 15.0 Å². The quantitative estimate of drug-likeness (QED) is 0.406. The van der Waals surface area contributed by atoms with Gasteiger partial charge in [0, 0.05) is 43.2 Å². The molecule has 5 rings (SSSR count). The number of carbonyl (C=O) groups is 2. The highest BCUT2D eigenvalue weighted by atomic mass is 19.4. The first-order valence-corrected chi connectivity index (χ1v) is 12.9. The Balaban J connectivity index is 1.13. The standard InChI is InChI=1S/C30H28F3N3O3/c1-19-25(28(37)34-2)11-12-27-26(19)18-36(27)17-20-13-15-35(16-14-20)29(38)21-3-7-23(8-4-21)39-24-9-5-22(6-10-24)30(31,32)33/h3-12,18,20H,13-17H2,1-2H3/p+1. The van der Waals surface area contributed by atoms with Crippen molar-refractivity contribution < 1.29 is 32.1 Å². The van der Waals surface area contributed by atoms with E-state index in [-0.39, 0.29) is 17.6 Å². The second-order valence-corrected chi connectivity index (χ2v) is 9.92. The minimum Gasteiger partial charge on any atom is -0.457 e. The molecule has 3 aromatic rings. The molecule has 2 aliphatic rings. The minimum absolute atomic E-state index is 0.0484. The van der Waals surface area contributed by atoms with Crippen LogP contribution >= 0.6 is 0 Å². The van der Waals surface area contributed by atoms with Crippen molar-refractivity contribution >= 4 is 23.7 Å². The molecule has 6 nitrogen and oxygen atoms in total. The third-order valence-corrected chi connectivity index (χ3v) is 7.43. The lowest BCUT2D eigenvalue weighted by molar-refractivity contribution is -0.456. The lowest BCUT2D eigenvalue weighted by atomic mass is 9.92. The van der Waals surface area contributed by atoms with E-state index in [2.05, 4.69) is 16.1 Å². The van der Waals surface area contributed by atoms with Crippen molar-refractivity contribution in [2.75, 3.05) is 26.7 Å². The number of piperidine rings is 1.